The van der Waals surface area contributed by atoms with Crippen molar-refractivity contribution in [1.29, 1.82) is 0 Å². The van der Waals surface area contributed by atoms with Gasteiger partial charge < -0.3 is 5.73 Å². The van der Waals surface area contributed by atoms with Crippen molar-refractivity contribution < 1.29 is 9.59 Å². The highest BCUT2D eigenvalue weighted by Crippen LogP contribution is 2.06. The van der Waals surface area contributed by atoms with Crippen molar-refractivity contribution in [3.63, 3.8) is 0 Å². The van der Waals surface area contributed by atoms with Gasteiger partial charge in [0.05, 0.1) is 0 Å². The maximum atomic E-state index is 11.0. The lowest BCUT2D eigenvalue weighted by molar-refractivity contribution is -0.123. The number of carbonyl (C=O) groups is 2. The molecule has 1 unspecified atom stereocenters. The molecule has 1 atom stereocenters. The van der Waals surface area contributed by atoms with Crippen molar-refractivity contribution in [2.24, 2.45) is 11.7 Å². The summed E-state index contributed by atoms with van der Waals surface area (Å²) in [5.74, 6) is -0.409. The van der Waals surface area contributed by atoms with Crippen molar-refractivity contribution in [3.8, 4) is 0 Å². The number of imide groups is 1. The van der Waals surface area contributed by atoms with Gasteiger partial charge in [-0.3, -0.25) is 10.1 Å². The fourth-order valence-corrected chi connectivity index (χ4v) is 0.886. The van der Waals surface area contributed by atoms with Crippen LogP contribution in [-0.4, -0.2) is 11.9 Å². The molecule has 0 heterocycles. The average Bonchev–Trinajstić information content (AvgIpc) is 1.98. The van der Waals surface area contributed by atoms with Gasteiger partial charge in [0.15, 0.2) is 0 Å². The number of carbonyl (C=O) groups excluding carboxylic acids is 2. The molecular formula is C8H16N2O2. The summed E-state index contributed by atoms with van der Waals surface area (Å²) in [7, 11) is 0. The summed E-state index contributed by atoms with van der Waals surface area (Å²) >= 11 is 0. The molecule has 0 aliphatic carbocycles. The van der Waals surface area contributed by atoms with E-state index in [1.807, 2.05) is 0 Å². The van der Waals surface area contributed by atoms with E-state index < -0.39 is 6.03 Å². The molecule has 0 rings (SSSR count). The number of rotatable bonds is 4. The van der Waals surface area contributed by atoms with Crippen LogP contribution in [0.25, 0.3) is 0 Å². The number of nitrogens with one attached hydrogen (secondary N) is 1. The number of unbranched alkanes of at least 4 members (excludes halogenated alkanes) is 1. The average molecular weight is 172 g/mol. The van der Waals surface area contributed by atoms with Crippen LogP contribution in [0.15, 0.2) is 0 Å². The van der Waals surface area contributed by atoms with E-state index in [-0.39, 0.29) is 11.8 Å². The molecule has 0 aromatic rings. The van der Waals surface area contributed by atoms with E-state index in [1.54, 1.807) is 6.92 Å². The van der Waals surface area contributed by atoms with E-state index in [0.717, 1.165) is 19.3 Å². The monoisotopic (exact) mass is 172 g/mol. The molecule has 12 heavy (non-hydrogen) atoms. The number of nitrogens with two attached hydrogens (primary N) is 1. The Morgan fingerprint density at radius 2 is 2.08 bits per heavy atom. The highest BCUT2D eigenvalue weighted by molar-refractivity contribution is 5.94. The van der Waals surface area contributed by atoms with Crippen LogP contribution in [0.4, 0.5) is 4.79 Å². The molecule has 3 N–H and O–H groups in total. The van der Waals surface area contributed by atoms with E-state index in [9.17, 15) is 9.59 Å². The summed E-state index contributed by atoms with van der Waals surface area (Å²) in [5.41, 5.74) is 4.79. The highest BCUT2D eigenvalue weighted by Gasteiger charge is 2.12. The lowest BCUT2D eigenvalue weighted by Crippen LogP contribution is -2.38. The zero-order valence-electron chi connectivity index (χ0n) is 7.59. The normalized spacial score (nSPS) is 12.2. The van der Waals surface area contributed by atoms with Crippen LogP contribution in [-0.2, 0) is 4.79 Å². The van der Waals surface area contributed by atoms with Gasteiger partial charge in [-0.25, -0.2) is 4.79 Å². The molecule has 3 amide bonds. The van der Waals surface area contributed by atoms with Gasteiger partial charge in [-0.15, -0.1) is 0 Å². The van der Waals surface area contributed by atoms with Crippen LogP contribution in [0.1, 0.15) is 33.1 Å². The van der Waals surface area contributed by atoms with Gasteiger partial charge in [-0.1, -0.05) is 26.7 Å². The minimum Gasteiger partial charge on any atom is -0.351 e. The molecule has 0 aliphatic rings. The number of hydrogen-bond acceptors (Lipinski definition) is 2. The van der Waals surface area contributed by atoms with E-state index in [2.05, 4.69) is 12.2 Å². The lowest BCUT2D eigenvalue weighted by atomic mass is 10.0. The van der Waals surface area contributed by atoms with Crippen molar-refractivity contribution >= 4 is 11.9 Å². The zero-order valence-corrected chi connectivity index (χ0v) is 7.59. The van der Waals surface area contributed by atoms with Gasteiger partial charge in [0.25, 0.3) is 0 Å². The molecule has 4 nitrogen and oxygen atoms in total. The molecule has 0 spiro atoms. The first-order chi connectivity index (χ1) is 5.57. The molecule has 0 fully saturated rings. The number of urea groups is 1. The minimum absolute atomic E-state index is 0.127. The Hall–Kier alpha value is -1.06. The minimum atomic E-state index is -0.775. The second-order valence-electron chi connectivity index (χ2n) is 2.90. The summed E-state index contributed by atoms with van der Waals surface area (Å²) in [6.07, 6.45) is 2.84. The fourth-order valence-electron chi connectivity index (χ4n) is 0.886. The molecule has 0 aromatic carbocycles. The number of amides is 3. The summed E-state index contributed by atoms with van der Waals surface area (Å²) in [6, 6.07) is -0.775. The topological polar surface area (TPSA) is 72.2 Å². The van der Waals surface area contributed by atoms with Crippen molar-refractivity contribution in [1.82, 2.24) is 5.32 Å². The Morgan fingerprint density at radius 3 is 2.50 bits per heavy atom. The molecule has 0 aliphatic heterocycles. The van der Waals surface area contributed by atoms with Crippen molar-refractivity contribution in [3.05, 3.63) is 0 Å². The third-order valence-corrected chi connectivity index (χ3v) is 1.68. The third kappa shape index (κ3) is 4.71. The van der Waals surface area contributed by atoms with Gasteiger partial charge in [0, 0.05) is 5.92 Å². The summed E-state index contributed by atoms with van der Waals surface area (Å²) in [6.45, 7) is 3.84. The smallest absolute Gasteiger partial charge is 0.318 e. The Morgan fingerprint density at radius 1 is 1.50 bits per heavy atom. The standard InChI is InChI=1S/C8H16N2O2/c1-3-4-5-6(2)7(11)10-8(9)12/h6H,3-5H2,1-2H3,(H3,9,10,11,12). The van der Waals surface area contributed by atoms with Crippen LogP contribution in [0.5, 0.6) is 0 Å². The van der Waals surface area contributed by atoms with E-state index in [1.165, 1.54) is 0 Å². The van der Waals surface area contributed by atoms with Gasteiger partial charge >= 0.3 is 6.03 Å². The molecule has 4 heteroatoms. The van der Waals surface area contributed by atoms with Gasteiger partial charge in [-0.05, 0) is 6.42 Å². The summed E-state index contributed by atoms with van der Waals surface area (Å²) in [4.78, 5) is 21.3. The quantitative estimate of drug-likeness (QED) is 0.664. The Kier molecular flexibility index (Phi) is 5.08. The van der Waals surface area contributed by atoms with E-state index in [4.69, 9.17) is 5.73 Å². The van der Waals surface area contributed by atoms with Crippen LogP contribution >= 0.6 is 0 Å². The maximum absolute atomic E-state index is 11.0. The molecular weight excluding hydrogens is 156 g/mol. The van der Waals surface area contributed by atoms with Gasteiger partial charge in [0.1, 0.15) is 0 Å². The van der Waals surface area contributed by atoms with Crippen LogP contribution in [0, 0.1) is 5.92 Å². The first kappa shape index (κ1) is 10.9. The summed E-state index contributed by atoms with van der Waals surface area (Å²) < 4.78 is 0. The third-order valence-electron chi connectivity index (χ3n) is 1.68. The zero-order chi connectivity index (χ0) is 9.56. The predicted octanol–water partition coefficient (Wildman–Crippen LogP) is 1.01. The predicted molar refractivity (Wildman–Crippen MR) is 46.4 cm³/mol. The van der Waals surface area contributed by atoms with E-state index >= 15 is 0 Å². The van der Waals surface area contributed by atoms with Crippen LogP contribution in [0.3, 0.4) is 0 Å². The van der Waals surface area contributed by atoms with Gasteiger partial charge in [-0.2, -0.15) is 0 Å². The number of hydrogen-bond donors (Lipinski definition) is 2. The second-order valence-corrected chi connectivity index (χ2v) is 2.90. The van der Waals surface area contributed by atoms with Crippen molar-refractivity contribution in [2.75, 3.05) is 0 Å². The van der Waals surface area contributed by atoms with Crippen LogP contribution in [0.2, 0.25) is 0 Å². The molecule has 0 bridgehead atoms. The SMILES string of the molecule is CCCCC(C)C(=O)NC(N)=O. The molecule has 0 radical (unpaired) electrons. The first-order valence-corrected chi connectivity index (χ1v) is 4.18. The largest absolute Gasteiger partial charge is 0.351 e. The Bertz CT molecular complexity index is 168. The lowest BCUT2D eigenvalue weighted by Gasteiger charge is -2.08. The fraction of sp³-hybridized carbons (Fsp3) is 0.750. The first-order valence-electron chi connectivity index (χ1n) is 4.18. The van der Waals surface area contributed by atoms with Gasteiger partial charge in [0.2, 0.25) is 5.91 Å². The number of primary amides is 1. The van der Waals surface area contributed by atoms with Crippen molar-refractivity contribution in [2.45, 2.75) is 33.1 Å². The molecule has 0 saturated heterocycles. The molecule has 70 valence electrons. The van der Waals surface area contributed by atoms with E-state index in [0.29, 0.717) is 0 Å². The Balaban J connectivity index is 3.69. The summed E-state index contributed by atoms with van der Waals surface area (Å²) in [5, 5.41) is 2.05. The maximum Gasteiger partial charge on any atom is 0.318 e. The molecule has 0 saturated carbocycles. The molecule has 0 aromatic heterocycles. The highest BCUT2D eigenvalue weighted by atomic mass is 16.2. The Labute approximate surface area is 72.5 Å². The van der Waals surface area contributed by atoms with Crippen LogP contribution < -0.4 is 11.1 Å². The second kappa shape index (κ2) is 5.57.